The molecule has 0 saturated carbocycles. The highest BCUT2D eigenvalue weighted by atomic mass is 16.7. The molecule has 0 amide bonds. The SMILES string of the molecule is CC1(C)OB(c2cc3oc4ccc5c(c4c3c3ccccc23)C=CCC5)OC1(C)C. The fraction of sp³-hybridized carbons (Fsp3) is 0.308. The molecule has 0 N–H and O–H groups in total. The molecular formula is C26H25BO3. The molecule has 6 rings (SSSR count). The summed E-state index contributed by atoms with van der Waals surface area (Å²) in [6, 6.07) is 15.0. The molecule has 4 aromatic rings. The molecule has 1 saturated heterocycles. The molecule has 1 fully saturated rings. The number of hydrogen-bond donors (Lipinski definition) is 0. The number of allylic oxidation sites excluding steroid dienone is 1. The van der Waals surface area contributed by atoms with Crippen LogP contribution in [0.25, 0.3) is 38.8 Å². The van der Waals surface area contributed by atoms with Gasteiger partial charge in [-0.05, 0) is 80.0 Å². The number of rotatable bonds is 1. The molecule has 2 heterocycles. The van der Waals surface area contributed by atoms with Gasteiger partial charge in [0.2, 0.25) is 0 Å². The van der Waals surface area contributed by atoms with E-state index in [0.717, 1.165) is 34.9 Å². The smallest absolute Gasteiger partial charge is 0.456 e. The summed E-state index contributed by atoms with van der Waals surface area (Å²) in [6.07, 6.45) is 6.70. The lowest BCUT2D eigenvalue weighted by Gasteiger charge is -2.32. The largest absolute Gasteiger partial charge is 0.495 e. The summed E-state index contributed by atoms with van der Waals surface area (Å²) >= 11 is 0. The third kappa shape index (κ3) is 2.41. The fourth-order valence-corrected chi connectivity index (χ4v) is 4.83. The number of hydrogen-bond acceptors (Lipinski definition) is 3. The maximum atomic E-state index is 6.40. The Morgan fingerprint density at radius 1 is 0.833 bits per heavy atom. The zero-order chi connectivity index (χ0) is 20.7. The second-order valence-electron chi connectivity index (χ2n) is 9.53. The van der Waals surface area contributed by atoms with Crippen LogP contribution >= 0.6 is 0 Å². The van der Waals surface area contributed by atoms with E-state index in [1.807, 2.05) is 0 Å². The fourth-order valence-electron chi connectivity index (χ4n) is 4.83. The van der Waals surface area contributed by atoms with Gasteiger partial charge < -0.3 is 13.7 Å². The van der Waals surface area contributed by atoms with Crippen LogP contribution in [0.1, 0.15) is 45.2 Å². The minimum atomic E-state index is -0.425. The van der Waals surface area contributed by atoms with Crippen molar-refractivity contribution in [1.82, 2.24) is 0 Å². The highest BCUT2D eigenvalue weighted by Crippen LogP contribution is 2.41. The molecule has 0 spiro atoms. The van der Waals surface area contributed by atoms with Crippen molar-refractivity contribution >= 4 is 51.4 Å². The Labute approximate surface area is 176 Å². The van der Waals surface area contributed by atoms with Gasteiger partial charge in [0, 0.05) is 10.8 Å². The Hall–Kier alpha value is -2.56. The molecule has 1 aliphatic heterocycles. The van der Waals surface area contributed by atoms with Gasteiger partial charge in [0.1, 0.15) is 11.2 Å². The highest BCUT2D eigenvalue weighted by molar-refractivity contribution is 6.66. The van der Waals surface area contributed by atoms with Crippen molar-refractivity contribution in [2.75, 3.05) is 0 Å². The Morgan fingerprint density at radius 3 is 2.33 bits per heavy atom. The van der Waals surface area contributed by atoms with Crippen LogP contribution in [0.15, 0.2) is 53.0 Å². The Kier molecular flexibility index (Phi) is 3.64. The molecule has 0 radical (unpaired) electrons. The number of furan rings is 1. The minimum absolute atomic E-state index is 0.383. The van der Waals surface area contributed by atoms with Crippen LogP contribution in [0.5, 0.6) is 0 Å². The van der Waals surface area contributed by atoms with Gasteiger partial charge >= 0.3 is 7.12 Å². The zero-order valence-corrected chi connectivity index (χ0v) is 17.9. The number of aryl methyl sites for hydroxylation is 1. The van der Waals surface area contributed by atoms with Crippen molar-refractivity contribution in [3.05, 3.63) is 59.7 Å². The van der Waals surface area contributed by atoms with Gasteiger partial charge in [-0.15, -0.1) is 0 Å². The topological polar surface area (TPSA) is 31.6 Å². The van der Waals surface area contributed by atoms with Crippen molar-refractivity contribution in [2.45, 2.75) is 51.7 Å². The van der Waals surface area contributed by atoms with E-state index in [-0.39, 0.29) is 11.2 Å². The first-order valence-corrected chi connectivity index (χ1v) is 10.8. The summed E-state index contributed by atoms with van der Waals surface area (Å²) in [5.41, 5.74) is 4.78. The van der Waals surface area contributed by atoms with Crippen molar-refractivity contribution in [3.8, 4) is 0 Å². The predicted molar refractivity (Wildman–Crippen MR) is 124 cm³/mol. The molecule has 1 aromatic heterocycles. The average Bonchev–Trinajstić information content (AvgIpc) is 3.21. The first-order valence-electron chi connectivity index (χ1n) is 10.8. The lowest BCUT2D eigenvalue weighted by atomic mass is 9.75. The Bertz CT molecular complexity index is 1340. The Morgan fingerprint density at radius 2 is 1.57 bits per heavy atom. The molecule has 0 bridgehead atoms. The van der Waals surface area contributed by atoms with E-state index in [1.165, 1.54) is 27.3 Å². The van der Waals surface area contributed by atoms with Gasteiger partial charge in [0.25, 0.3) is 0 Å². The molecule has 150 valence electrons. The molecule has 1 aliphatic carbocycles. The van der Waals surface area contributed by atoms with Crippen molar-refractivity contribution in [2.24, 2.45) is 0 Å². The van der Waals surface area contributed by atoms with Crippen molar-refractivity contribution < 1.29 is 13.7 Å². The number of benzene rings is 3. The standard InChI is InChI=1S/C26H25BO3/c1-25(2)26(3,4)30-27(29-25)20-15-22-24(19-12-8-7-11-18(19)20)23-17-10-6-5-9-16(17)13-14-21(23)28-22/h6-8,10-15H,5,9H2,1-4H3. The van der Waals surface area contributed by atoms with Gasteiger partial charge in [0.05, 0.1) is 11.2 Å². The Balaban J connectivity index is 1.68. The summed E-state index contributed by atoms with van der Waals surface area (Å²) in [5.74, 6) is 0. The first kappa shape index (κ1) is 18.2. The van der Waals surface area contributed by atoms with E-state index in [0.29, 0.717) is 0 Å². The molecular weight excluding hydrogens is 371 g/mol. The molecule has 0 atom stereocenters. The second kappa shape index (κ2) is 5.99. The van der Waals surface area contributed by atoms with Gasteiger partial charge in [-0.2, -0.15) is 0 Å². The summed E-state index contributed by atoms with van der Waals surface area (Å²) < 4.78 is 19.2. The highest BCUT2D eigenvalue weighted by Gasteiger charge is 2.52. The van der Waals surface area contributed by atoms with E-state index < -0.39 is 7.12 Å². The van der Waals surface area contributed by atoms with E-state index >= 15 is 0 Å². The van der Waals surface area contributed by atoms with E-state index in [2.05, 4.69) is 82.3 Å². The van der Waals surface area contributed by atoms with Crippen LogP contribution < -0.4 is 5.46 Å². The molecule has 3 nitrogen and oxygen atoms in total. The zero-order valence-electron chi connectivity index (χ0n) is 17.9. The molecule has 0 unspecified atom stereocenters. The third-order valence-corrected chi connectivity index (χ3v) is 7.18. The van der Waals surface area contributed by atoms with E-state index in [9.17, 15) is 0 Å². The summed E-state index contributed by atoms with van der Waals surface area (Å²) in [5, 5.41) is 4.74. The summed E-state index contributed by atoms with van der Waals surface area (Å²) in [6.45, 7) is 8.36. The van der Waals surface area contributed by atoms with E-state index in [4.69, 9.17) is 13.7 Å². The lowest BCUT2D eigenvalue weighted by Crippen LogP contribution is -2.41. The van der Waals surface area contributed by atoms with Gasteiger partial charge in [-0.1, -0.05) is 42.5 Å². The maximum Gasteiger partial charge on any atom is 0.495 e. The average molecular weight is 396 g/mol. The van der Waals surface area contributed by atoms with E-state index in [1.54, 1.807) is 0 Å². The summed E-state index contributed by atoms with van der Waals surface area (Å²) in [7, 11) is -0.425. The van der Waals surface area contributed by atoms with Gasteiger partial charge in [-0.3, -0.25) is 0 Å². The van der Waals surface area contributed by atoms with Crippen LogP contribution in [0.4, 0.5) is 0 Å². The van der Waals surface area contributed by atoms with Crippen LogP contribution in [0, 0.1) is 0 Å². The molecule has 30 heavy (non-hydrogen) atoms. The molecule has 2 aliphatic rings. The first-order chi connectivity index (χ1) is 14.4. The monoisotopic (exact) mass is 396 g/mol. The van der Waals surface area contributed by atoms with Crippen molar-refractivity contribution in [1.29, 1.82) is 0 Å². The van der Waals surface area contributed by atoms with Gasteiger partial charge in [0.15, 0.2) is 0 Å². The van der Waals surface area contributed by atoms with Crippen LogP contribution in [-0.4, -0.2) is 18.3 Å². The van der Waals surface area contributed by atoms with Crippen LogP contribution in [0.3, 0.4) is 0 Å². The van der Waals surface area contributed by atoms with Crippen molar-refractivity contribution in [3.63, 3.8) is 0 Å². The van der Waals surface area contributed by atoms with Crippen LogP contribution in [-0.2, 0) is 15.7 Å². The molecule has 4 heteroatoms. The maximum absolute atomic E-state index is 6.40. The molecule has 3 aromatic carbocycles. The van der Waals surface area contributed by atoms with Crippen LogP contribution in [0.2, 0.25) is 0 Å². The quantitative estimate of drug-likeness (QED) is 0.370. The number of fused-ring (bicyclic) bond motifs is 7. The minimum Gasteiger partial charge on any atom is -0.456 e. The van der Waals surface area contributed by atoms with Gasteiger partial charge in [-0.25, -0.2) is 0 Å². The predicted octanol–water partition coefficient (Wildman–Crippen LogP) is 6.00. The summed E-state index contributed by atoms with van der Waals surface area (Å²) in [4.78, 5) is 0. The second-order valence-corrected chi connectivity index (χ2v) is 9.53. The normalized spacial score (nSPS) is 19.8. The lowest BCUT2D eigenvalue weighted by molar-refractivity contribution is 0.00578. The third-order valence-electron chi connectivity index (χ3n) is 7.18.